The van der Waals surface area contributed by atoms with Crippen molar-refractivity contribution < 1.29 is 24.2 Å². The number of pyridine rings is 1. The van der Waals surface area contributed by atoms with Gasteiger partial charge in [-0.1, -0.05) is 60.7 Å². The first-order chi connectivity index (χ1) is 16.0. The summed E-state index contributed by atoms with van der Waals surface area (Å²) in [5.41, 5.74) is 7.98. The van der Waals surface area contributed by atoms with Crippen LogP contribution in [0.1, 0.15) is 15.9 Å². The Hall–Kier alpha value is -4.59. The van der Waals surface area contributed by atoms with E-state index in [1.165, 1.54) is 0 Å². The predicted molar refractivity (Wildman–Crippen MR) is 123 cm³/mol. The lowest BCUT2D eigenvalue weighted by Crippen LogP contribution is -2.28. The number of aromatic carboxylic acids is 1. The number of aromatic nitrogens is 1. The van der Waals surface area contributed by atoms with Crippen LogP contribution >= 0.6 is 0 Å². The summed E-state index contributed by atoms with van der Waals surface area (Å²) in [5, 5.41) is 12.7. The Labute approximate surface area is 189 Å². The Morgan fingerprint density at radius 2 is 1.58 bits per heavy atom. The monoisotopic (exact) mass is 443 g/mol. The molecule has 0 aliphatic carbocycles. The van der Waals surface area contributed by atoms with Crippen LogP contribution in [0.25, 0.3) is 22.2 Å². The van der Waals surface area contributed by atoms with E-state index in [1.807, 2.05) is 60.7 Å². The number of amides is 2. The third-order valence-corrected chi connectivity index (χ3v) is 4.90. The molecule has 2 heterocycles. The normalized spacial score (nSPS) is 11.4. The number of urea groups is 1. The van der Waals surface area contributed by atoms with Crippen LogP contribution in [0.3, 0.4) is 0 Å². The molecule has 0 bridgehead atoms. The van der Waals surface area contributed by atoms with Gasteiger partial charge in [-0.2, -0.15) is 0 Å². The molecule has 0 unspecified atom stereocenters. The molecule has 1 aliphatic rings. The molecule has 4 N–H and O–H groups in total. The Balaban J connectivity index is 0.000000200. The SMILES string of the molecule is NC(=O)NCc1ccccc1.O=C(O)c1cc2cc3c(cc2nc1-c1ccccc1)OCO3. The maximum absolute atomic E-state index is 11.6. The fourth-order valence-electron chi connectivity index (χ4n) is 3.33. The van der Waals surface area contributed by atoms with E-state index in [0.29, 0.717) is 34.6 Å². The van der Waals surface area contributed by atoms with Crippen molar-refractivity contribution >= 4 is 22.9 Å². The number of carboxylic acid groups (broad SMARTS) is 1. The number of ether oxygens (including phenoxy) is 2. The molecular weight excluding hydrogens is 422 g/mol. The number of hydrogen-bond acceptors (Lipinski definition) is 5. The molecule has 3 aromatic carbocycles. The number of benzene rings is 3. The number of carbonyl (C=O) groups is 2. The van der Waals surface area contributed by atoms with Gasteiger partial charge in [-0.25, -0.2) is 14.6 Å². The zero-order valence-corrected chi connectivity index (χ0v) is 17.5. The molecule has 0 spiro atoms. The molecule has 33 heavy (non-hydrogen) atoms. The second kappa shape index (κ2) is 9.69. The lowest BCUT2D eigenvalue weighted by atomic mass is 10.0. The number of carboxylic acids is 1. The van der Waals surface area contributed by atoms with Crippen LogP contribution in [0.5, 0.6) is 11.5 Å². The van der Waals surface area contributed by atoms with E-state index >= 15 is 0 Å². The van der Waals surface area contributed by atoms with Gasteiger partial charge in [0.25, 0.3) is 0 Å². The zero-order chi connectivity index (χ0) is 23.2. The fraction of sp³-hybridized carbons (Fsp3) is 0.0800. The number of nitrogens with one attached hydrogen (secondary N) is 1. The minimum atomic E-state index is -1.01. The van der Waals surface area contributed by atoms with E-state index in [1.54, 1.807) is 18.2 Å². The minimum Gasteiger partial charge on any atom is -0.478 e. The standard InChI is InChI=1S/C17H11NO4.C8H10N2O/c19-17(20)12-6-11-7-14-15(22-9-21-14)8-13(11)18-16(12)10-4-2-1-3-5-10;9-8(11)10-6-7-4-2-1-3-5-7/h1-8H,9H2,(H,19,20);1-5H,6H2,(H3,9,10,11). The summed E-state index contributed by atoms with van der Waals surface area (Å²) in [5.74, 6) is 0.228. The summed E-state index contributed by atoms with van der Waals surface area (Å²) >= 11 is 0. The Morgan fingerprint density at radius 3 is 2.21 bits per heavy atom. The highest BCUT2D eigenvalue weighted by Gasteiger charge is 2.19. The van der Waals surface area contributed by atoms with Gasteiger partial charge < -0.3 is 25.6 Å². The summed E-state index contributed by atoms with van der Waals surface area (Å²) in [6.45, 7) is 0.666. The van der Waals surface area contributed by atoms with Gasteiger partial charge in [-0.05, 0) is 17.7 Å². The number of fused-ring (bicyclic) bond motifs is 2. The number of carbonyl (C=O) groups excluding carboxylic acids is 1. The van der Waals surface area contributed by atoms with Crippen molar-refractivity contribution in [1.82, 2.24) is 10.3 Å². The topological polar surface area (TPSA) is 124 Å². The predicted octanol–water partition coefficient (Wildman–Crippen LogP) is 4.18. The van der Waals surface area contributed by atoms with Crippen molar-refractivity contribution in [2.75, 3.05) is 6.79 Å². The van der Waals surface area contributed by atoms with Crippen molar-refractivity contribution in [3.8, 4) is 22.8 Å². The molecule has 8 heteroatoms. The van der Waals surface area contributed by atoms with Gasteiger partial charge in [0.2, 0.25) is 6.79 Å². The Morgan fingerprint density at radius 1 is 0.939 bits per heavy atom. The summed E-state index contributed by atoms with van der Waals surface area (Å²) in [6.07, 6.45) is 0. The van der Waals surface area contributed by atoms with E-state index in [4.69, 9.17) is 15.2 Å². The molecule has 0 atom stereocenters. The van der Waals surface area contributed by atoms with Gasteiger partial charge in [0.15, 0.2) is 11.5 Å². The largest absolute Gasteiger partial charge is 0.478 e. The van der Waals surface area contributed by atoms with Crippen LogP contribution < -0.4 is 20.5 Å². The maximum atomic E-state index is 11.6. The molecule has 0 saturated heterocycles. The lowest BCUT2D eigenvalue weighted by Gasteiger charge is -2.08. The number of nitrogens with two attached hydrogens (primary N) is 1. The summed E-state index contributed by atoms with van der Waals surface area (Å²) < 4.78 is 10.7. The van der Waals surface area contributed by atoms with Crippen molar-refractivity contribution in [3.63, 3.8) is 0 Å². The second-order valence-electron chi connectivity index (χ2n) is 7.16. The molecular formula is C25H21N3O5. The summed E-state index contributed by atoms with van der Waals surface area (Å²) in [7, 11) is 0. The summed E-state index contributed by atoms with van der Waals surface area (Å²) in [4.78, 5) is 26.4. The summed E-state index contributed by atoms with van der Waals surface area (Å²) in [6, 6.07) is 23.5. The van der Waals surface area contributed by atoms with E-state index in [2.05, 4.69) is 10.3 Å². The molecule has 1 aliphatic heterocycles. The Bertz CT molecular complexity index is 1290. The Kier molecular flexibility index (Phi) is 6.36. The van der Waals surface area contributed by atoms with Crippen LogP contribution in [-0.4, -0.2) is 28.9 Å². The van der Waals surface area contributed by atoms with Gasteiger partial charge in [-0.15, -0.1) is 0 Å². The van der Waals surface area contributed by atoms with Gasteiger partial charge >= 0.3 is 12.0 Å². The first-order valence-corrected chi connectivity index (χ1v) is 10.1. The first kappa shape index (κ1) is 21.6. The maximum Gasteiger partial charge on any atom is 0.337 e. The molecule has 1 aromatic heterocycles. The van der Waals surface area contributed by atoms with E-state index in [9.17, 15) is 14.7 Å². The van der Waals surface area contributed by atoms with Crippen LogP contribution in [0.15, 0.2) is 78.9 Å². The van der Waals surface area contributed by atoms with Crippen LogP contribution in [-0.2, 0) is 6.54 Å². The van der Waals surface area contributed by atoms with Crippen LogP contribution in [0.2, 0.25) is 0 Å². The lowest BCUT2D eigenvalue weighted by molar-refractivity contribution is 0.0697. The minimum absolute atomic E-state index is 0.164. The fourth-order valence-corrected chi connectivity index (χ4v) is 3.33. The third-order valence-electron chi connectivity index (χ3n) is 4.90. The molecule has 0 saturated carbocycles. The highest BCUT2D eigenvalue weighted by atomic mass is 16.7. The van der Waals surface area contributed by atoms with E-state index < -0.39 is 12.0 Å². The second-order valence-corrected chi connectivity index (χ2v) is 7.16. The number of nitrogens with zero attached hydrogens (tertiary/aromatic N) is 1. The smallest absolute Gasteiger partial charge is 0.337 e. The van der Waals surface area contributed by atoms with E-state index in [-0.39, 0.29) is 12.4 Å². The average Bonchev–Trinajstić information content (AvgIpc) is 3.29. The third kappa shape index (κ3) is 5.19. The van der Waals surface area contributed by atoms with Gasteiger partial charge in [-0.3, -0.25) is 0 Å². The van der Waals surface area contributed by atoms with Gasteiger partial charge in [0, 0.05) is 23.6 Å². The first-order valence-electron chi connectivity index (χ1n) is 10.1. The molecule has 166 valence electrons. The molecule has 8 nitrogen and oxygen atoms in total. The van der Waals surface area contributed by atoms with Crippen molar-refractivity contribution in [2.24, 2.45) is 5.73 Å². The quantitative estimate of drug-likeness (QED) is 0.435. The van der Waals surface area contributed by atoms with Crippen LogP contribution in [0.4, 0.5) is 4.79 Å². The number of primary amides is 1. The average molecular weight is 443 g/mol. The van der Waals surface area contributed by atoms with Crippen molar-refractivity contribution in [3.05, 3.63) is 90.0 Å². The number of rotatable bonds is 4. The molecule has 0 fully saturated rings. The van der Waals surface area contributed by atoms with E-state index in [0.717, 1.165) is 11.1 Å². The zero-order valence-electron chi connectivity index (χ0n) is 17.5. The highest BCUT2D eigenvalue weighted by Crippen LogP contribution is 2.37. The van der Waals surface area contributed by atoms with Gasteiger partial charge in [0.1, 0.15) is 0 Å². The number of hydrogen-bond donors (Lipinski definition) is 3. The van der Waals surface area contributed by atoms with Crippen LogP contribution in [0, 0.1) is 0 Å². The van der Waals surface area contributed by atoms with Crippen molar-refractivity contribution in [2.45, 2.75) is 6.54 Å². The van der Waals surface area contributed by atoms with Gasteiger partial charge in [0.05, 0.1) is 16.8 Å². The molecule has 4 aromatic rings. The molecule has 2 amide bonds. The van der Waals surface area contributed by atoms with Crippen molar-refractivity contribution in [1.29, 1.82) is 0 Å². The highest BCUT2D eigenvalue weighted by molar-refractivity contribution is 6.00. The molecule has 0 radical (unpaired) electrons. The molecule has 5 rings (SSSR count).